The van der Waals surface area contributed by atoms with Gasteiger partial charge < -0.3 is 5.32 Å². The topological polar surface area (TPSA) is 24.9 Å². The minimum Gasteiger partial charge on any atom is -0.311 e. The quantitative estimate of drug-likeness (QED) is 0.877. The predicted octanol–water partition coefficient (Wildman–Crippen LogP) is 4.04. The SMILES string of the molecule is CCNCc1nc(-c2ccc(C(C)C)cc2)cs1. The van der Waals surface area contributed by atoms with Gasteiger partial charge in [-0.3, -0.25) is 0 Å². The first-order chi connectivity index (χ1) is 8.70. The van der Waals surface area contributed by atoms with Crippen molar-refractivity contribution in [2.24, 2.45) is 0 Å². The standard InChI is InChI=1S/C15H20N2S/c1-4-16-9-15-17-14(10-18-15)13-7-5-12(6-8-13)11(2)3/h5-8,10-11,16H,4,9H2,1-3H3. The Morgan fingerprint density at radius 1 is 1.22 bits per heavy atom. The molecule has 0 amide bonds. The van der Waals surface area contributed by atoms with E-state index in [4.69, 9.17) is 0 Å². The van der Waals surface area contributed by atoms with E-state index in [1.165, 1.54) is 11.1 Å². The van der Waals surface area contributed by atoms with Gasteiger partial charge in [-0.15, -0.1) is 11.3 Å². The Kier molecular flexibility index (Phi) is 4.50. The summed E-state index contributed by atoms with van der Waals surface area (Å²) >= 11 is 1.72. The van der Waals surface area contributed by atoms with Gasteiger partial charge in [0.25, 0.3) is 0 Å². The molecular formula is C15H20N2S. The molecule has 1 N–H and O–H groups in total. The molecule has 0 aliphatic carbocycles. The van der Waals surface area contributed by atoms with Crippen LogP contribution in [0.5, 0.6) is 0 Å². The molecule has 0 fully saturated rings. The Bertz CT molecular complexity index is 485. The van der Waals surface area contributed by atoms with E-state index >= 15 is 0 Å². The third kappa shape index (κ3) is 3.18. The first-order valence-electron chi connectivity index (χ1n) is 6.46. The second kappa shape index (κ2) is 6.12. The zero-order valence-corrected chi connectivity index (χ0v) is 12.1. The minimum atomic E-state index is 0.582. The van der Waals surface area contributed by atoms with Crippen molar-refractivity contribution >= 4 is 11.3 Å². The summed E-state index contributed by atoms with van der Waals surface area (Å²) in [7, 11) is 0. The molecule has 0 aliphatic heterocycles. The molecule has 0 bridgehead atoms. The third-order valence-corrected chi connectivity index (χ3v) is 3.80. The summed E-state index contributed by atoms with van der Waals surface area (Å²) in [5, 5.41) is 6.59. The highest BCUT2D eigenvalue weighted by atomic mass is 32.1. The Labute approximate surface area is 113 Å². The van der Waals surface area contributed by atoms with Crippen molar-refractivity contribution in [3.8, 4) is 11.3 Å². The lowest BCUT2D eigenvalue weighted by atomic mass is 10.0. The van der Waals surface area contributed by atoms with Crippen LogP contribution in [0.15, 0.2) is 29.6 Å². The highest BCUT2D eigenvalue weighted by molar-refractivity contribution is 7.09. The molecule has 0 saturated heterocycles. The molecular weight excluding hydrogens is 240 g/mol. The average molecular weight is 260 g/mol. The van der Waals surface area contributed by atoms with Gasteiger partial charge in [0.1, 0.15) is 5.01 Å². The summed E-state index contributed by atoms with van der Waals surface area (Å²) in [6, 6.07) is 8.73. The van der Waals surface area contributed by atoms with Crippen LogP contribution in [-0.2, 0) is 6.54 Å². The van der Waals surface area contributed by atoms with Crippen molar-refractivity contribution < 1.29 is 0 Å². The molecule has 1 heterocycles. The lowest BCUT2D eigenvalue weighted by Crippen LogP contribution is -2.11. The molecule has 2 nitrogen and oxygen atoms in total. The van der Waals surface area contributed by atoms with Gasteiger partial charge in [0.2, 0.25) is 0 Å². The normalized spacial score (nSPS) is 11.1. The van der Waals surface area contributed by atoms with Crippen LogP contribution in [0.1, 0.15) is 37.3 Å². The smallest absolute Gasteiger partial charge is 0.107 e. The van der Waals surface area contributed by atoms with Crippen molar-refractivity contribution in [3.63, 3.8) is 0 Å². The number of hydrogen-bond acceptors (Lipinski definition) is 3. The van der Waals surface area contributed by atoms with Crippen molar-refractivity contribution in [2.75, 3.05) is 6.54 Å². The lowest BCUT2D eigenvalue weighted by molar-refractivity contribution is 0.723. The number of hydrogen-bond donors (Lipinski definition) is 1. The summed E-state index contributed by atoms with van der Waals surface area (Å²) in [5.74, 6) is 0.582. The Morgan fingerprint density at radius 2 is 1.94 bits per heavy atom. The van der Waals surface area contributed by atoms with Gasteiger partial charge in [-0.1, -0.05) is 45.0 Å². The van der Waals surface area contributed by atoms with E-state index in [2.05, 4.69) is 60.7 Å². The summed E-state index contributed by atoms with van der Waals surface area (Å²) in [6.45, 7) is 8.39. The van der Waals surface area contributed by atoms with E-state index < -0.39 is 0 Å². The van der Waals surface area contributed by atoms with Gasteiger partial charge in [0.15, 0.2) is 0 Å². The molecule has 1 aromatic carbocycles. The van der Waals surface area contributed by atoms with Crippen LogP contribution in [0, 0.1) is 0 Å². The second-order valence-corrected chi connectivity index (χ2v) is 5.63. The highest BCUT2D eigenvalue weighted by Crippen LogP contribution is 2.24. The van der Waals surface area contributed by atoms with Crippen molar-refractivity contribution in [1.82, 2.24) is 10.3 Å². The number of rotatable bonds is 5. The Balaban J connectivity index is 2.13. The van der Waals surface area contributed by atoms with E-state index in [1.807, 2.05) is 0 Å². The molecule has 2 aromatic rings. The van der Waals surface area contributed by atoms with Gasteiger partial charge in [0, 0.05) is 17.5 Å². The number of benzene rings is 1. The fourth-order valence-corrected chi connectivity index (χ4v) is 2.57. The van der Waals surface area contributed by atoms with Crippen LogP contribution >= 0.6 is 11.3 Å². The van der Waals surface area contributed by atoms with Gasteiger partial charge in [-0.25, -0.2) is 4.98 Å². The van der Waals surface area contributed by atoms with Crippen LogP contribution in [0.2, 0.25) is 0 Å². The first-order valence-corrected chi connectivity index (χ1v) is 7.34. The fraction of sp³-hybridized carbons (Fsp3) is 0.400. The number of aromatic nitrogens is 1. The monoisotopic (exact) mass is 260 g/mol. The van der Waals surface area contributed by atoms with E-state index in [-0.39, 0.29) is 0 Å². The van der Waals surface area contributed by atoms with Gasteiger partial charge in [-0.2, -0.15) is 0 Å². The Morgan fingerprint density at radius 3 is 2.56 bits per heavy atom. The second-order valence-electron chi connectivity index (χ2n) is 4.68. The van der Waals surface area contributed by atoms with E-state index in [9.17, 15) is 0 Å². The van der Waals surface area contributed by atoms with Crippen molar-refractivity contribution in [2.45, 2.75) is 33.2 Å². The largest absolute Gasteiger partial charge is 0.311 e. The van der Waals surface area contributed by atoms with Gasteiger partial charge in [-0.05, 0) is 18.0 Å². The van der Waals surface area contributed by atoms with Crippen LogP contribution in [0.3, 0.4) is 0 Å². The highest BCUT2D eigenvalue weighted by Gasteiger charge is 2.05. The van der Waals surface area contributed by atoms with E-state index in [1.54, 1.807) is 11.3 Å². The number of thiazole rings is 1. The van der Waals surface area contributed by atoms with Crippen LogP contribution in [-0.4, -0.2) is 11.5 Å². The number of nitrogens with one attached hydrogen (secondary N) is 1. The molecule has 0 radical (unpaired) electrons. The zero-order chi connectivity index (χ0) is 13.0. The number of nitrogens with zero attached hydrogens (tertiary/aromatic N) is 1. The lowest BCUT2D eigenvalue weighted by Gasteiger charge is -2.05. The predicted molar refractivity (Wildman–Crippen MR) is 79.0 cm³/mol. The Hall–Kier alpha value is -1.19. The van der Waals surface area contributed by atoms with Crippen molar-refractivity contribution in [3.05, 3.63) is 40.2 Å². The molecule has 0 unspecified atom stereocenters. The van der Waals surface area contributed by atoms with E-state index in [0.29, 0.717) is 5.92 Å². The van der Waals surface area contributed by atoms with Crippen LogP contribution in [0.4, 0.5) is 0 Å². The first kappa shape index (κ1) is 13.2. The maximum atomic E-state index is 4.65. The maximum absolute atomic E-state index is 4.65. The van der Waals surface area contributed by atoms with Crippen molar-refractivity contribution in [1.29, 1.82) is 0 Å². The minimum absolute atomic E-state index is 0.582. The molecule has 96 valence electrons. The molecule has 1 aromatic heterocycles. The van der Waals surface area contributed by atoms with E-state index in [0.717, 1.165) is 23.8 Å². The third-order valence-electron chi connectivity index (χ3n) is 2.95. The molecule has 0 aliphatic rings. The molecule has 0 spiro atoms. The summed E-state index contributed by atoms with van der Waals surface area (Å²) in [6.07, 6.45) is 0. The zero-order valence-electron chi connectivity index (χ0n) is 11.2. The summed E-state index contributed by atoms with van der Waals surface area (Å²) in [5.41, 5.74) is 3.67. The fourth-order valence-electron chi connectivity index (χ4n) is 1.80. The molecule has 2 rings (SSSR count). The van der Waals surface area contributed by atoms with Gasteiger partial charge >= 0.3 is 0 Å². The molecule has 18 heavy (non-hydrogen) atoms. The summed E-state index contributed by atoms with van der Waals surface area (Å²) in [4.78, 5) is 4.65. The van der Waals surface area contributed by atoms with Gasteiger partial charge in [0.05, 0.1) is 5.69 Å². The maximum Gasteiger partial charge on any atom is 0.107 e. The molecule has 0 atom stereocenters. The molecule has 0 saturated carbocycles. The molecule has 3 heteroatoms. The van der Waals surface area contributed by atoms with Crippen LogP contribution < -0.4 is 5.32 Å². The van der Waals surface area contributed by atoms with Crippen LogP contribution in [0.25, 0.3) is 11.3 Å². The summed E-state index contributed by atoms with van der Waals surface area (Å²) < 4.78 is 0. The average Bonchev–Trinajstić information content (AvgIpc) is 2.85.